The Kier molecular flexibility index (Phi) is 13.6. The van der Waals surface area contributed by atoms with Gasteiger partial charge in [0.15, 0.2) is 16.9 Å². The van der Waals surface area contributed by atoms with Crippen molar-refractivity contribution in [3.05, 3.63) is 49.3 Å². The predicted octanol–water partition coefficient (Wildman–Crippen LogP) is 7.93. The lowest BCUT2D eigenvalue weighted by atomic mass is 9.83. The van der Waals surface area contributed by atoms with Gasteiger partial charge in [-0.15, -0.1) is 0 Å². The minimum atomic E-state index is -0.591. The van der Waals surface area contributed by atoms with Crippen molar-refractivity contribution < 1.29 is 47.9 Å². The number of phenols is 1. The summed E-state index contributed by atoms with van der Waals surface area (Å²) < 4.78 is 40.5. The number of hydrogen-bond acceptors (Lipinski definition) is 14. The molecule has 14 heteroatoms. The first-order valence-corrected chi connectivity index (χ1v) is 21.1. The van der Waals surface area contributed by atoms with Gasteiger partial charge in [-0.2, -0.15) is 0 Å². The van der Waals surface area contributed by atoms with E-state index in [0.29, 0.717) is 98.5 Å². The lowest BCUT2D eigenvalue weighted by Gasteiger charge is -2.31. The van der Waals surface area contributed by atoms with E-state index in [4.69, 9.17) is 33.2 Å². The van der Waals surface area contributed by atoms with Crippen molar-refractivity contribution in [1.82, 2.24) is 0 Å². The number of rotatable bonds is 21. The molecular formula is C48H60N2O12. The Balaban J connectivity index is 1.46. The van der Waals surface area contributed by atoms with E-state index >= 15 is 0 Å². The second kappa shape index (κ2) is 18.4. The fraction of sp³-hybridized carbons (Fsp3) is 0.500. The number of nitrogens with one attached hydrogen (secondary N) is 2. The van der Waals surface area contributed by atoms with Gasteiger partial charge in [0, 0.05) is 88.9 Å². The summed E-state index contributed by atoms with van der Waals surface area (Å²) in [6, 6.07) is 3.04. The topological polar surface area (TPSA) is 177 Å². The molecule has 0 spiro atoms. The van der Waals surface area contributed by atoms with E-state index in [2.05, 4.69) is 10.6 Å². The van der Waals surface area contributed by atoms with Crippen molar-refractivity contribution in [1.29, 1.82) is 0 Å². The molecule has 6 rings (SSSR count). The van der Waals surface area contributed by atoms with Crippen molar-refractivity contribution in [2.24, 2.45) is 5.92 Å². The molecule has 334 valence electrons. The Bertz CT molecular complexity index is 2650. The molecule has 0 radical (unpaired) electrons. The average molecular weight is 857 g/mol. The van der Waals surface area contributed by atoms with Crippen LogP contribution in [0, 0.1) is 5.92 Å². The van der Waals surface area contributed by atoms with Crippen LogP contribution >= 0.6 is 0 Å². The molecule has 0 unspecified atom stereocenters. The molecule has 0 bridgehead atoms. The van der Waals surface area contributed by atoms with Crippen molar-refractivity contribution >= 4 is 72.5 Å². The van der Waals surface area contributed by atoms with E-state index in [-0.39, 0.29) is 72.4 Å². The smallest absolute Gasteiger partial charge is 0.305 e. The van der Waals surface area contributed by atoms with Crippen LogP contribution in [-0.4, -0.2) is 89.6 Å². The number of esters is 2. The highest BCUT2D eigenvalue weighted by Crippen LogP contribution is 2.55. The van der Waals surface area contributed by atoms with Crippen molar-refractivity contribution in [3.63, 3.8) is 0 Å². The molecule has 5 aromatic rings. The molecule has 0 aliphatic heterocycles. The SMILES string of the molecule is COc1c2c3c4c(c(NCCOC(=O)CCC(C)(C)OCC(C)(C)OC)c(O)c5c(=O)cc(OC)c(c6c(OC)cc(NCCOC(=O)CCC(C)C)c(c1=O)c63)c54)C=C(C)C2. The maximum absolute atomic E-state index is 14.7. The second-order valence-electron chi connectivity index (χ2n) is 17.6. The van der Waals surface area contributed by atoms with Gasteiger partial charge < -0.3 is 48.9 Å². The van der Waals surface area contributed by atoms with E-state index in [9.17, 15) is 24.3 Å². The molecule has 14 nitrogen and oxygen atoms in total. The summed E-state index contributed by atoms with van der Waals surface area (Å²) in [5.74, 6) is 0.139. The molecule has 0 heterocycles. The molecule has 0 saturated carbocycles. The van der Waals surface area contributed by atoms with Gasteiger partial charge in [0.25, 0.3) is 0 Å². The average Bonchev–Trinajstić information content (AvgIpc) is 3.38. The molecule has 3 N–H and O–H groups in total. The summed E-state index contributed by atoms with van der Waals surface area (Å²) in [6.07, 6.45) is 3.83. The van der Waals surface area contributed by atoms with Gasteiger partial charge in [0.2, 0.25) is 5.43 Å². The summed E-state index contributed by atoms with van der Waals surface area (Å²) >= 11 is 0. The van der Waals surface area contributed by atoms with Crippen LogP contribution in [0.15, 0.2) is 27.3 Å². The number of benzene rings is 5. The van der Waals surface area contributed by atoms with Crippen LogP contribution in [0.3, 0.4) is 0 Å². The van der Waals surface area contributed by atoms with E-state index in [1.807, 2.05) is 54.5 Å². The summed E-state index contributed by atoms with van der Waals surface area (Å²) in [5, 5.41) is 22.3. The number of ether oxygens (including phenoxy) is 7. The number of fused-ring (bicyclic) bond motifs is 1. The van der Waals surface area contributed by atoms with Gasteiger partial charge in [-0.3, -0.25) is 19.2 Å². The number of anilines is 2. The van der Waals surface area contributed by atoms with E-state index in [1.165, 1.54) is 27.4 Å². The Morgan fingerprint density at radius 3 is 1.98 bits per heavy atom. The summed E-state index contributed by atoms with van der Waals surface area (Å²) in [5.41, 5.74) is 0.845. The third-order valence-corrected chi connectivity index (χ3v) is 11.6. The maximum atomic E-state index is 14.7. The number of methoxy groups -OCH3 is 4. The van der Waals surface area contributed by atoms with Gasteiger partial charge >= 0.3 is 11.9 Å². The largest absolute Gasteiger partial charge is 0.505 e. The maximum Gasteiger partial charge on any atom is 0.305 e. The van der Waals surface area contributed by atoms with Gasteiger partial charge in [0.05, 0.1) is 55.6 Å². The lowest BCUT2D eigenvalue weighted by Crippen LogP contribution is -2.36. The minimum absolute atomic E-state index is 0.0276. The van der Waals surface area contributed by atoms with Crippen LogP contribution in [0.1, 0.15) is 85.3 Å². The Hall–Kier alpha value is -5.60. The standard InChI is InChI=1S/C48H60N2O12/c1-25(2)12-13-33(52)60-18-16-49-29-22-31(56-8)39-40-32(57-9)23-30(51)38-42(40)35-27(20-26(3)21-28-36(35)41(39)37(29)45(55)46(28)58-10)43(44(38)54)50-17-19-61-34(53)14-15-47(4,5)62-24-48(6,7)59-11/h20,22-23,25,49-50,54H,12-19,21,24H2,1-11H3. The third-order valence-electron chi connectivity index (χ3n) is 11.6. The minimum Gasteiger partial charge on any atom is -0.505 e. The number of phenolic OH excluding ortho intramolecular Hbond substituents is 1. The highest BCUT2D eigenvalue weighted by atomic mass is 16.6. The third kappa shape index (κ3) is 8.98. The van der Waals surface area contributed by atoms with E-state index in [0.717, 1.165) is 5.57 Å². The number of allylic oxidation sites excluding steroid dienone is 1. The van der Waals surface area contributed by atoms with Crippen molar-refractivity contribution in [2.45, 2.75) is 91.8 Å². The highest BCUT2D eigenvalue weighted by molar-refractivity contribution is 6.40. The first-order chi connectivity index (χ1) is 29.4. The molecule has 0 amide bonds. The van der Waals surface area contributed by atoms with Crippen LogP contribution in [0.4, 0.5) is 11.4 Å². The Morgan fingerprint density at radius 2 is 1.37 bits per heavy atom. The highest BCUT2D eigenvalue weighted by Gasteiger charge is 2.33. The zero-order valence-electron chi connectivity index (χ0n) is 37.8. The molecule has 1 aliphatic rings. The van der Waals surface area contributed by atoms with Crippen LogP contribution < -0.4 is 35.7 Å². The molecule has 5 aromatic carbocycles. The molecule has 62 heavy (non-hydrogen) atoms. The second-order valence-corrected chi connectivity index (χ2v) is 17.6. The first-order valence-electron chi connectivity index (χ1n) is 21.1. The van der Waals surface area contributed by atoms with Gasteiger partial charge in [0.1, 0.15) is 24.7 Å². The van der Waals surface area contributed by atoms with E-state index < -0.39 is 22.6 Å². The van der Waals surface area contributed by atoms with Crippen LogP contribution in [0.2, 0.25) is 0 Å². The molecule has 0 aromatic heterocycles. The van der Waals surface area contributed by atoms with Crippen LogP contribution in [0.5, 0.6) is 23.0 Å². The number of aromatic hydroxyl groups is 1. The van der Waals surface area contributed by atoms with E-state index in [1.54, 1.807) is 13.2 Å². The van der Waals surface area contributed by atoms with Crippen molar-refractivity contribution in [3.8, 4) is 23.0 Å². The van der Waals surface area contributed by atoms with Crippen LogP contribution in [0.25, 0.3) is 49.2 Å². The first kappa shape index (κ1) is 45.9. The molecule has 0 atom stereocenters. The molecule has 0 fully saturated rings. The summed E-state index contributed by atoms with van der Waals surface area (Å²) in [7, 11) is 6.06. The monoisotopic (exact) mass is 856 g/mol. The Morgan fingerprint density at radius 1 is 0.758 bits per heavy atom. The van der Waals surface area contributed by atoms with Gasteiger partial charge in [-0.25, -0.2) is 0 Å². The summed E-state index contributed by atoms with van der Waals surface area (Å²) in [4.78, 5) is 54.2. The fourth-order valence-corrected chi connectivity index (χ4v) is 8.21. The predicted molar refractivity (Wildman–Crippen MR) is 243 cm³/mol. The number of carbonyl (C=O) groups excluding carboxylic acids is 2. The summed E-state index contributed by atoms with van der Waals surface area (Å²) in [6.45, 7) is 14.4. The molecule has 1 aliphatic carbocycles. The fourth-order valence-electron chi connectivity index (χ4n) is 8.21. The molecule has 0 saturated heterocycles. The van der Waals surface area contributed by atoms with Crippen molar-refractivity contribution in [2.75, 3.05) is 72.0 Å². The lowest BCUT2D eigenvalue weighted by molar-refractivity contribution is -0.146. The number of hydrogen-bond donors (Lipinski definition) is 3. The zero-order chi connectivity index (χ0) is 45.3. The zero-order valence-corrected chi connectivity index (χ0v) is 37.8. The quantitative estimate of drug-likeness (QED) is 0.0213. The molecular weight excluding hydrogens is 797 g/mol. The van der Waals surface area contributed by atoms with Gasteiger partial charge in [-0.1, -0.05) is 25.5 Å². The normalized spacial score (nSPS) is 13.0. The Labute approximate surface area is 361 Å². The van der Waals surface area contributed by atoms with Gasteiger partial charge in [-0.05, 0) is 65.2 Å². The number of carbonyl (C=O) groups is 2. The van der Waals surface area contributed by atoms with Crippen LogP contribution in [-0.2, 0) is 35.0 Å².